The highest BCUT2D eigenvalue weighted by molar-refractivity contribution is 9.11. The van der Waals surface area contributed by atoms with Crippen LogP contribution < -0.4 is 0 Å². The van der Waals surface area contributed by atoms with E-state index in [1.54, 1.807) is 11.3 Å². The van der Waals surface area contributed by atoms with Gasteiger partial charge in [-0.15, -0.1) is 11.3 Å². The van der Waals surface area contributed by atoms with Gasteiger partial charge in [-0.2, -0.15) is 0 Å². The van der Waals surface area contributed by atoms with Gasteiger partial charge in [-0.1, -0.05) is 19.3 Å². The molecule has 0 saturated heterocycles. The molecule has 0 aromatic carbocycles. The lowest BCUT2D eigenvalue weighted by Crippen LogP contribution is -2.10. The van der Waals surface area contributed by atoms with Crippen LogP contribution in [0, 0.1) is 0 Å². The Morgan fingerprint density at radius 3 is 2.75 bits per heavy atom. The van der Waals surface area contributed by atoms with Gasteiger partial charge in [0.25, 0.3) is 0 Å². The predicted molar refractivity (Wildman–Crippen MR) is 67.0 cm³/mol. The minimum atomic E-state index is -0.317. The topological polar surface area (TPSA) is 39.2 Å². The van der Waals surface area contributed by atoms with E-state index in [1.165, 1.54) is 39.2 Å². The number of carbonyl (C=O) groups is 1. The Labute approximate surface area is 107 Å². The van der Waals surface area contributed by atoms with Gasteiger partial charge < -0.3 is 4.74 Å². The van der Waals surface area contributed by atoms with Crippen molar-refractivity contribution in [3.05, 3.63) is 14.5 Å². The van der Waals surface area contributed by atoms with Crippen LogP contribution in [0.3, 0.4) is 0 Å². The van der Waals surface area contributed by atoms with Crippen LogP contribution in [0.4, 0.5) is 0 Å². The Bertz CT molecular complexity index is 385. The SMILES string of the molecule is COC(=O)c1nc(Br)sc1C1CCCCC1. The van der Waals surface area contributed by atoms with Crippen molar-refractivity contribution >= 4 is 33.2 Å². The Hall–Kier alpha value is -0.420. The van der Waals surface area contributed by atoms with Crippen LogP contribution >= 0.6 is 27.3 Å². The molecule has 3 nitrogen and oxygen atoms in total. The van der Waals surface area contributed by atoms with Crippen LogP contribution in [0.1, 0.15) is 53.4 Å². The van der Waals surface area contributed by atoms with Crippen LogP contribution in [0.5, 0.6) is 0 Å². The van der Waals surface area contributed by atoms with Crippen LogP contribution in [0.2, 0.25) is 0 Å². The normalized spacial score (nSPS) is 17.4. The first-order valence-electron chi connectivity index (χ1n) is 5.47. The third-order valence-corrected chi connectivity index (χ3v) is 4.65. The molecule has 88 valence electrons. The minimum absolute atomic E-state index is 0.317. The standard InChI is InChI=1S/C11H14BrNO2S/c1-15-10(14)8-9(16-11(12)13-8)7-5-3-2-4-6-7/h7H,2-6H2,1H3. The lowest BCUT2D eigenvalue weighted by Gasteiger charge is -2.20. The number of aromatic nitrogens is 1. The second-order valence-corrected chi connectivity index (χ2v) is 6.31. The quantitative estimate of drug-likeness (QED) is 0.781. The average Bonchev–Trinajstić information content (AvgIpc) is 2.71. The summed E-state index contributed by atoms with van der Waals surface area (Å²) in [5.74, 6) is 0.175. The molecule has 1 saturated carbocycles. The molecule has 1 heterocycles. The van der Waals surface area contributed by atoms with Crippen molar-refractivity contribution in [2.24, 2.45) is 0 Å². The summed E-state index contributed by atoms with van der Waals surface area (Å²) < 4.78 is 5.54. The second-order valence-electron chi connectivity index (χ2n) is 4.01. The molecule has 0 spiro atoms. The smallest absolute Gasteiger partial charge is 0.357 e. The zero-order valence-electron chi connectivity index (χ0n) is 9.16. The Morgan fingerprint density at radius 1 is 1.44 bits per heavy atom. The number of rotatable bonds is 2. The van der Waals surface area contributed by atoms with Crippen molar-refractivity contribution in [2.75, 3.05) is 7.11 Å². The number of methoxy groups -OCH3 is 1. The zero-order chi connectivity index (χ0) is 11.5. The first-order valence-corrected chi connectivity index (χ1v) is 7.08. The van der Waals surface area contributed by atoms with Crippen molar-refractivity contribution in [1.82, 2.24) is 4.98 Å². The van der Waals surface area contributed by atoms with E-state index < -0.39 is 0 Å². The number of ether oxygens (including phenoxy) is 1. The molecule has 0 unspecified atom stereocenters. The molecule has 1 aliphatic rings. The van der Waals surface area contributed by atoms with E-state index in [1.807, 2.05) is 0 Å². The fourth-order valence-corrected chi connectivity index (χ4v) is 3.84. The van der Waals surface area contributed by atoms with Crippen molar-refractivity contribution in [1.29, 1.82) is 0 Å². The number of nitrogens with zero attached hydrogens (tertiary/aromatic N) is 1. The number of esters is 1. The second kappa shape index (κ2) is 5.27. The molecule has 1 fully saturated rings. The molecular formula is C11H14BrNO2S. The molecule has 0 N–H and O–H groups in total. The fourth-order valence-electron chi connectivity index (χ4n) is 2.19. The number of hydrogen-bond acceptors (Lipinski definition) is 4. The average molecular weight is 304 g/mol. The van der Waals surface area contributed by atoms with Gasteiger partial charge in [-0.3, -0.25) is 0 Å². The van der Waals surface area contributed by atoms with E-state index in [2.05, 4.69) is 20.9 Å². The summed E-state index contributed by atoms with van der Waals surface area (Å²) >= 11 is 4.92. The van der Waals surface area contributed by atoms with E-state index in [9.17, 15) is 4.79 Å². The van der Waals surface area contributed by atoms with Crippen molar-refractivity contribution in [3.63, 3.8) is 0 Å². The lowest BCUT2D eigenvalue weighted by atomic mass is 9.87. The van der Waals surface area contributed by atoms with Crippen LogP contribution in [-0.4, -0.2) is 18.1 Å². The molecule has 0 atom stereocenters. The summed E-state index contributed by atoms with van der Waals surface area (Å²) in [6, 6.07) is 0. The summed E-state index contributed by atoms with van der Waals surface area (Å²) in [4.78, 5) is 16.9. The molecular weight excluding hydrogens is 290 g/mol. The molecule has 0 radical (unpaired) electrons. The Morgan fingerprint density at radius 2 is 2.12 bits per heavy atom. The maximum absolute atomic E-state index is 11.6. The minimum Gasteiger partial charge on any atom is -0.464 e. The van der Waals surface area contributed by atoms with Gasteiger partial charge in [-0.25, -0.2) is 9.78 Å². The van der Waals surface area contributed by atoms with Gasteiger partial charge in [0.05, 0.1) is 7.11 Å². The molecule has 0 bridgehead atoms. The highest BCUT2D eigenvalue weighted by atomic mass is 79.9. The van der Waals surface area contributed by atoms with Crippen LogP contribution in [-0.2, 0) is 4.74 Å². The summed E-state index contributed by atoms with van der Waals surface area (Å²) in [6.07, 6.45) is 6.14. The van der Waals surface area contributed by atoms with Crippen molar-refractivity contribution in [2.45, 2.75) is 38.0 Å². The summed E-state index contributed by atoms with van der Waals surface area (Å²) in [7, 11) is 1.40. The first kappa shape index (κ1) is 12.0. The van der Waals surface area contributed by atoms with Crippen molar-refractivity contribution in [3.8, 4) is 0 Å². The summed E-state index contributed by atoms with van der Waals surface area (Å²) in [5.41, 5.74) is 0.506. The van der Waals surface area contributed by atoms with Gasteiger partial charge in [0, 0.05) is 4.88 Å². The van der Waals surface area contributed by atoms with E-state index in [0.29, 0.717) is 11.6 Å². The monoisotopic (exact) mass is 303 g/mol. The molecule has 1 aromatic rings. The van der Waals surface area contributed by atoms with E-state index in [-0.39, 0.29) is 5.97 Å². The molecule has 0 amide bonds. The molecule has 0 aliphatic heterocycles. The summed E-state index contributed by atoms with van der Waals surface area (Å²) in [6.45, 7) is 0. The first-order chi connectivity index (χ1) is 7.72. The lowest BCUT2D eigenvalue weighted by molar-refractivity contribution is 0.0592. The highest BCUT2D eigenvalue weighted by Gasteiger charge is 2.25. The molecule has 5 heteroatoms. The molecule has 1 aliphatic carbocycles. The third kappa shape index (κ3) is 2.46. The number of hydrogen-bond donors (Lipinski definition) is 0. The van der Waals surface area contributed by atoms with E-state index >= 15 is 0 Å². The van der Waals surface area contributed by atoms with E-state index in [4.69, 9.17) is 4.74 Å². The maximum atomic E-state index is 11.6. The Kier molecular flexibility index (Phi) is 3.97. The van der Waals surface area contributed by atoms with Gasteiger partial charge in [0.15, 0.2) is 9.61 Å². The fraction of sp³-hybridized carbons (Fsp3) is 0.636. The molecule has 16 heavy (non-hydrogen) atoms. The molecule has 1 aromatic heterocycles. The largest absolute Gasteiger partial charge is 0.464 e. The zero-order valence-corrected chi connectivity index (χ0v) is 11.6. The number of thiazole rings is 1. The summed E-state index contributed by atoms with van der Waals surface area (Å²) in [5, 5.41) is 0. The van der Waals surface area contributed by atoms with Crippen LogP contribution in [0.15, 0.2) is 3.92 Å². The maximum Gasteiger partial charge on any atom is 0.357 e. The number of halogens is 1. The van der Waals surface area contributed by atoms with Crippen molar-refractivity contribution < 1.29 is 9.53 Å². The van der Waals surface area contributed by atoms with E-state index in [0.717, 1.165) is 8.79 Å². The van der Waals surface area contributed by atoms with Gasteiger partial charge in [0.1, 0.15) is 0 Å². The number of carbonyl (C=O) groups excluding carboxylic acids is 1. The van der Waals surface area contributed by atoms with Gasteiger partial charge in [-0.05, 0) is 34.7 Å². The van der Waals surface area contributed by atoms with Gasteiger partial charge >= 0.3 is 5.97 Å². The third-order valence-electron chi connectivity index (χ3n) is 2.98. The predicted octanol–water partition coefficient (Wildman–Crippen LogP) is 3.74. The van der Waals surface area contributed by atoms with Crippen LogP contribution in [0.25, 0.3) is 0 Å². The Balaban J connectivity index is 2.27. The molecule has 2 rings (SSSR count). The highest BCUT2D eigenvalue weighted by Crippen LogP contribution is 2.39. The van der Waals surface area contributed by atoms with Gasteiger partial charge in [0.2, 0.25) is 0 Å².